The summed E-state index contributed by atoms with van der Waals surface area (Å²) in [6, 6.07) is 5.93. The highest BCUT2D eigenvalue weighted by Crippen LogP contribution is 2.25. The molecule has 0 aromatic heterocycles. The van der Waals surface area contributed by atoms with Gasteiger partial charge >= 0.3 is 0 Å². The molecule has 1 aromatic carbocycles. The van der Waals surface area contributed by atoms with Crippen molar-refractivity contribution in [2.45, 2.75) is 39.3 Å². The summed E-state index contributed by atoms with van der Waals surface area (Å²) in [7, 11) is 1.66. The van der Waals surface area contributed by atoms with E-state index in [1.54, 1.807) is 7.11 Å². The van der Waals surface area contributed by atoms with Crippen LogP contribution in [-0.2, 0) is 0 Å². The van der Waals surface area contributed by atoms with Crippen LogP contribution in [0.3, 0.4) is 0 Å². The Balaban J connectivity index is 2.87. The van der Waals surface area contributed by atoms with Gasteiger partial charge in [-0.25, -0.2) is 0 Å². The highest BCUT2D eigenvalue weighted by molar-refractivity contribution is 5.37. The number of benzene rings is 1. The predicted octanol–water partition coefficient (Wildman–Crippen LogP) is 2.43. The summed E-state index contributed by atoms with van der Waals surface area (Å²) in [5.74, 6) is 0.859. The molecule has 0 aliphatic carbocycles. The largest absolute Gasteiger partial charge is 0.496 e. The third-order valence-electron chi connectivity index (χ3n) is 3.05. The van der Waals surface area contributed by atoms with Crippen molar-refractivity contribution >= 4 is 0 Å². The summed E-state index contributed by atoms with van der Waals surface area (Å²) in [6.07, 6.45) is 0.435. The number of rotatable bonds is 6. The van der Waals surface area contributed by atoms with Gasteiger partial charge in [0.2, 0.25) is 0 Å². The summed E-state index contributed by atoms with van der Waals surface area (Å²) in [5, 5.41) is 13.6. The van der Waals surface area contributed by atoms with Crippen molar-refractivity contribution in [2.24, 2.45) is 0 Å². The number of methoxy groups -OCH3 is 1. The van der Waals surface area contributed by atoms with E-state index in [1.165, 1.54) is 0 Å². The zero-order valence-electron chi connectivity index (χ0n) is 11.2. The van der Waals surface area contributed by atoms with Gasteiger partial charge in [0, 0.05) is 6.04 Å². The maximum atomic E-state index is 10.3. The number of nitrogens with one attached hydrogen (secondary N) is 1. The second-order valence-electron chi connectivity index (χ2n) is 4.25. The van der Waals surface area contributed by atoms with Crippen molar-refractivity contribution in [3.63, 3.8) is 0 Å². The molecule has 0 fully saturated rings. The molecule has 0 saturated heterocycles. The molecule has 1 aromatic rings. The second-order valence-corrected chi connectivity index (χ2v) is 4.25. The van der Waals surface area contributed by atoms with Crippen LogP contribution in [0.25, 0.3) is 0 Å². The van der Waals surface area contributed by atoms with E-state index < -0.39 is 6.10 Å². The third-order valence-corrected chi connectivity index (χ3v) is 3.05. The summed E-state index contributed by atoms with van der Waals surface area (Å²) in [6.45, 7) is 6.98. The standard InChI is InChI=1S/C14H23NO2/c1-5-12(15-6-2)14(16)11-7-8-13(17-4)10(3)9-11/h7-9,12,14-16H,5-6H2,1-4H3. The average molecular weight is 237 g/mol. The van der Waals surface area contributed by atoms with Crippen LogP contribution in [0.15, 0.2) is 18.2 Å². The van der Waals surface area contributed by atoms with Gasteiger partial charge in [-0.2, -0.15) is 0 Å². The zero-order chi connectivity index (χ0) is 12.8. The fraction of sp³-hybridized carbons (Fsp3) is 0.571. The third kappa shape index (κ3) is 3.45. The van der Waals surface area contributed by atoms with Gasteiger partial charge in [0.25, 0.3) is 0 Å². The first kappa shape index (κ1) is 14.0. The monoisotopic (exact) mass is 237 g/mol. The molecule has 17 heavy (non-hydrogen) atoms. The first-order valence-corrected chi connectivity index (χ1v) is 6.20. The quantitative estimate of drug-likeness (QED) is 0.798. The van der Waals surface area contributed by atoms with E-state index >= 15 is 0 Å². The van der Waals surface area contributed by atoms with Crippen molar-refractivity contribution in [1.29, 1.82) is 0 Å². The molecule has 0 aliphatic heterocycles. The van der Waals surface area contributed by atoms with Crippen molar-refractivity contribution in [3.8, 4) is 5.75 Å². The smallest absolute Gasteiger partial charge is 0.121 e. The van der Waals surface area contributed by atoms with Crippen LogP contribution in [0.4, 0.5) is 0 Å². The van der Waals surface area contributed by atoms with Gasteiger partial charge in [-0.15, -0.1) is 0 Å². The summed E-state index contributed by atoms with van der Waals surface area (Å²) < 4.78 is 5.22. The fourth-order valence-corrected chi connectivity index (χ4v) is 2.06. The molecule has 2 N–H and O–H groups in total. The van der Waals surface area contributed by atoms with E-state index in [0.717, 1.165) is 29.8 Å². The lowest BCUT2D eigenvalue weighted by atomic mass is 9.98. The molecular formula is C14H23NO2. The van der Waals surface area contributed by atoms with E-state index in [4.69, 9.17) is 4.74 Å². The number of aryl methyl sites for hydroxylation is 1. The summed E-state index contributed by atoms with van der Waals surface area (Å²) >= 11 is 0. The molecular weight excluding hydrogens is 214 g/mol. The zero-order valence-corrected chi connectivity index (χ0v) is 11.2. The van der Waals surface area contributed by atoms with E-state index in [1.807, 2.05) is 25.1 Å². The Bertz CT molecular complexity index is 352. The molecule has 96 valence electrons. The van der Waals surface area contributed by atoms with Crippen molar-refractivity contribution in [3.05, 3.63) is 29.3 Å². The molecule has 0 aliphatic rings. The predicted molar refractivity (Wildman–Crippen MR) is 70.4 cm³/mol. The fourth-order valence-electron chi connectivity index (χ4n) is 2.06. The van der Waals surface area contributed by atoms with Crippen LogP contribution < -0.4 is 10.1 Å². The number of aliphatic hydroxyl groups excluding tert-OH is 1. The van der Waals surface area contributed by atoms with Gasteiger partial charge in [0.15, 0.2) is 0 Å². The molecule has 0 radical (unpaired) electrons. The van der Waals surface area contributed by atoms with E-state index in [9.17, 15) is 5.11 Å². The SMILES string of the molecule is CCNC(CC)C(O)c1ccc(OC)c(C)c1. The minimum Gasteiger partial charge on any atom is -0.496 e. The number of likely N-dealkylation sites (N-methyl/N-ethyl adjacent to an activating group) is 1. The minimum absolute atomic E-state index is 0.104. The maximum Gasteiger partial charge on any atom is 0.121 e. The molecule has 3 heteroatoms. The molecule has 0 amide bonds. The van der Waals surface area contributed by atoms with Crippen LogP contribution >= 0.6 is 0 Å². The Morgan fingerprint density at radius 3 is 2.53 bits per heavy atom. The molecule has 2 atom stereocenters. The lowest BCUT2D eigenvalue weighted by Gasteiger charge is -2.23. The second kappa shape index (κ2) is 6.62. The van der Waals surface area contributed by atoms with E-state index in [0.29, 0.717) is 0 Å². The van der Waals surface area contributed by atoms with E-state index in [2.05, 4.69) is 19.2 Å². The molecule has 2 unspecified atom stereocenters. The maximum absolute atomic E-state index is 10.3. The van der Waals surface area contributed by atoms with Crippen LogP contribution in [-0.4, -0.2) is 24.8 Å². The number of aliphatic hydroxyl groups is 1. The summed E-state index contributed by atoms with van der Waals surface area (Å²) in [4.78, 5) is 0. The molecule has 1 rings (SSSR count). The topological polar surface area (TPSA) is 41.5 Å². The van der Waals surface area contributed by atoms with Gasteiger partial charge in [-0.1, -0.05) is 19.9 Å². The van der Waals surface area contributed by atoms with Crippen molar-refractivity contribution in [1.82, 2.24) is 5.32 Å². The lowest BCUT2D eigenvalue weighted by Crippen LogP contribution is -2.34. The molecule has 0 saturated carbocycles. The normalized spacial score (nSPS) is 14.4. The van der Waals surface area contributed by atoms with Crippen molar-refractivity contribution in [2.75, 3.05) is 13.7 Å². The summed E-state index contributed by atoms with van der Waals surface area (Å²) in [5.41, 5.74) is 1.99. The Hall–Kier alpha value is -1.06. The van der Waals surface area contributed by atoms with Gasteiger partial charge in [0.05, 0.1) is 13.2 Å². The van der Waals surface area contributed by atoms with Gasteiger partial charge in [-0.05, 0) is 43.1 Å². The van der Waals surface area contributed by atoms with Crippen molar-refractivity contribution < 1.29 is 9.84 Å². The van der Waals surface area contributed by atoms with Gasteiger partial charge in [0.1, 0.15) is 5.75 Å². The van der Waals surface area contributed by atoms with Crippen LogP contribution in [0, 0.1) is 6.92 Å². The molecule has 3 nitrogen and oxygen atoms in total. The Labute approximate surface area is 104 Å². The Morgan fingerprint density at radius 1 is 1.35 bits per heavy atom. The van der Waals surface area contributed by atoms with Gasteiger partial charge in [-0.3, -0.25) is 0 Å². The first-order chi connectivity index (χ1) is 8.13. The highest BCUT2D eigenvalue weighted by Gasteiger charge is 2.18. The number of ether oxygens (including phenoxy) is 1. The Kier molecular flexibility index (Phi) is 5.45. The molecule has 0 spiro atoms. The van der Waals surface area contributed by atoms with E-state index in [-0.39, 0.29) is 6.04 Å². The first-order valence-electron chi connectivity index (χ1n) is 6.20. The molecule has 0 heterocycles. The van der Waals surface area contributed by atoms with Gasteiger partial charge < -0.3 is 15.2 Å². The minimum atomic E-state index is -0.468. The molecule has 0 bridgehead atoms. The van der Waals surface area contributed by atoms with Crippen LogP contribution in [0.1, 0.15) is 37.5 Å². The van der Waals surface area contributed by atoms with Crippen LogP contribution in [0.2, 0.25) is 0 Å². The number of hydrogen-bond donors (Lipinski definition) is 2. The average Bonchev–Trinajstić information content (AvgIpc) is 2.35. The lowest BCUT2D eigenvalue weighted by molar-refractivity contribution is 0.127. The Morgan fingerprint density at radius 2 is 2.06 bits per heavy atom. The number of hydrogen-bond acceptors (Lipinski definition) is 3. The van der Waals surface area contributed by atoms with Crippen LogP contribution in [0.5, 0.6) is 5.75 Å². The highest BCUT2D eigenvalue weighted by atomic mass is 16.5.